The van der Waals surface area contributed by atoms with Crippen LogP contribution in [0.1, 0.15) is 25.3 Å². The van der Waals surface area contributed by atoms with Crippen LogP contribution in [0.4, 0.5) is 0 Å². The SMILES string of the molecule is C=Cn1cc(CN2CCCC(C)C2C(=O)O)cn1. The van der Waals surface area contributed by atoms with E-state index in [1.54, 1.807) is 17.1 Å². The average Bonchev–Trinajstić information content (AvgIpc) is 2.76. The first-order valence-electron chi connectivity index (χ1n) is 6.24. The van der Waals surface area contributed by atoms with E-state index in [1.165, 1.54) is 0 Å². The predicted octanol–water partition coefficient (Wildman–Crippen LogP) is 1.67. The molecule has 5 heteroatoms. The molecule has 2 heterocycles. The van der Waals surface area contributed by atoms with Crippen LogP contribution < -0.4 is 0 Å². The molecule has 2 atom stereocenters. The normalized spacial score (nSPS) is 24.9. The van der Waals surface area contributed by atoms with Crippen molar-refractivity contribution in [2.75, 3.05) is 6.54 Å². The van der Waals surface area contributed by atoms with Gasteiger partial charge in [-0.2, -0.15) is 5.10 Å². The molecule has 1 fully saturated rings. The van der Waals surface area contributed by atoms with Crippen molar-refractivity contribution in [2.24, 2.45) is 5.92 Å². The third-order valence-electron chi connectivity index (χ3n) is 3.52. The lowest BCUT2D eigenvalue weighted by molar-refractivity contribution is -0.147. The van der Waals surface area contributed by atoms with Crippen molar-refractivity contribution in [3.63, 3.8) is 0 Å². The zero-order valence-electron chi connectivity index (χ0n) is 10.6. The highest BCUT2D eigenvalue weighted by Crippen LogP contribution is 2.25. The van der Waals surface area contributed by atoms with Crippen molar-refractivity contribution in [3.8, 4) is 0 Å². The summed E-state index contributed by atoms with van der Waals surface area (Å²) in [7, 11) is 0. The van der Waals surface area contributed by atoms with E-state index in [0.29, 0.717) is 6.54 Å². The lowest BCUT2D eigenvalue weighted by atomic mass is 9.90. The molecule has 18 heavy (non-hydrogen) atoms. The van der Waals surface area contributed by atoms with E-state index in [1.807, 2.05) is 18.0 Å². The van der Waals surface area contributed by atoms with Gasteiger partial charge in [0.1, 0.15) is 6.04 Å². The summed E-state index contributed by atoms with van der Waals surface area (Å²) in [6.07, 6.45) is 7.31. The fourth-order valence-corrected chi connectivity index (χ4v) is 2.64. The van der Waals surface area contributed by atoms with Crippen LogP contribution in [0.15, 0.2) is 19.0 Å². The number of carboxylic acid groups (broad SMARTS) is 1. The first-order chi connectivity index (χ1) is 8.61. The van der Waals surface area contributed by atoms with Gasteiger partial charge in [0.2, 0.25) is 0 Å². The van der Waals surface area contributed by atoms with Crippen molar-refractivity contribution in [3.05, 3.63) is 24.5 Å². The van der Waals surface area contributed by atoms with Gasteiger partial charge in [0, 0.05) is 24.5 Å². The van der Waals surface area contributed by atoms with E-state index in [0.717, 1.165) is 24.9 Å². The predicted molar refractivity (Wildman–Crippen MR) is 68.8 cm³/mol. The van der Waals surface area contributed by atoms with Crippen LogP contribution >= 0.6 is 0 Å². The van der Waals surface area contributed by atoms with Gasteiger partial charge in [-0.15, -0.1) is 0 Å². The summed E-state index contributed by atoms with van der Waals surface area (Å²) in [5, 5.41) is 13.4. The quantitative estimate of drug-likeness (QED) is 0.881. The molecule has 0 spiro atoms. The molecule has 0 amide bonds. The van der Waals surface area contributed by atoms with Gasteiger partial charge >= 0.3 is 5.97 Å². The fraction of sp³-hybridized carbons (Fsp3) is 0.538. The van der Waals surface area contributed by atoms with Crippen LogP contribution in [0.2, 0.25) is 0 Å². The van der Waals surface area contributed by atoms with Gasteiger partial charge in [0.25, 0.3) is 0 Å². The minimum atomic E-state index is -0.724. The number of hydrogen-bond donors (Lipinski definition) is 1. The van der Waals surface area contributed by atoms with Gasteiger partial charge in [-0.1, -0.05) is 13.5 Å². The van der Waals surface area contributed by atoms with Crippen molar-refractivity contribution in [1.29, 1.82) is 0 Å². The zero-order chi connectivity index (χ0) is 13.1. The Bertz CT molecular complexity index is 441. The van der Waals surface area contributed by atoms with E-state index in [9.17, 15) is 9.90 Å². The molecule has 0 bridgehead atoms. The van der Waals surface area contributed by atoms with E-state index in [4.69, 9.17) is 0 Å². The highest BCUT2D eigenvalue weighted by atomic mass is 16.4. The molecule has 0 saturated carbocycles. The third-order valence-corrected chi connectivity index (χ3v) is 3.52. The lowest BCUT2D eigenvalue weighted by Gasteiger charge is -2.36. The molecular weight excluding hydrogens is 230 g/mol. The maximum Gasteiger partial charge on any atom is 0.321 e. The molecule has 1 aliphatic rings. The maximum absolute atomic E-state index is 11.3. The fourth-order valence-electron chi connectivity index (χ4n) is 2.64. The Morgan fingerprint density at radius 1 is 1.72 bits per heavy atom. The van der Waals surface area contributed by atoms with E-state index >= 15 is 0 Å². The van der Waals surface area contributed by atoms with Gasteiger partial charge < -0.3 is 5.11 Å². The molecule has 1 aliphatic heterocycles. The number of nitrogens with zero attached hydrogens (tertiary/aromatic N) is 3. The highest BCUT2D eigenvalue weighted by Gasteiger charge is 2.34. The number of aromatic nitrogens is 2. The minimum Gasteiger partial charge on any atom is -0.480 e. The summed E-state index contributed by atoms with van der Waals surface area (Å²) in [4.78, 5) is 13.4. The van der Waals surface area contributed by atoms with Gasteiger partial charge in [0.15, 0.2) is 0 Å². The number of carboxylic acids is 1. The molecule has 1 aromatic heterocycles. The van der Waals surface area contributed by atoms with Crippen LogP contribution in [-0.4, -0.2) is 38.3 Å². The second-order valence-corrected chi connectivity index (χ2v) is 4.88. The third kappa shape index (κ3) is 2.61. The molecule has 0 aliphatic carbocycles. The van der Waals surface area contributed by atoms with Gasteiger partial charge in [0.05, 0.1) is 6.20 Å². The number of piperidine rings is 1. The number of likely N-dealkylation sites (tertiary alicyclic amines) is 1. The molecule has 2 rings (SSSR count). The van der Waals surface area contributed by atoms with Gasteiger partial charge in [-0.05, 0) is 25.3 Å². The zero-order valence-corrected chi connectivity index (χ0v) is 10.6. The van der Waals surface area contributed by atoms with Crippen LogP contribution in [0.25, 0.3) is 6.20 Å². The molecule has 1 aromatic rings. The van der Waals surface area contributed by atoms with Crippen molar-refractivity contribution >= 4 is 12.2 Å². The summed E-state index contributed by atoms with van der Waals surface area (Å²) in [6.45, 7) is 7.12. The van der Waals surface area contributed by atoms with Crippen LogP contribution in [-0.2, 0) is 11.3 Å². The topological polar surface area (TPSA) is 58.4 Å². The summed E-state index contributed by atoms with van der Waals surface area (Å²) >= 11 is 0. The second-order valence-electron chi connectivity index (χ2n) is 4.88. The molecule has 5 nitrogen and oxygen atoms in total. The molecule has 0 aromatic carbocycles. The Kier molecular flexibility index (Phi) is 3.81. The molecule has 2 unspecified atom stereocenters. The van der Waals surface area contributed by atoms with E-state index in [-0.39, 0.29) is 12.0 Å². The van der Waals surface area contributed by atoms with Gasteiger partial charge in [-0.3, -0.25) is 9.69 Å². The van der Waals surface area contributed by atoms with Crippen molar-refractivity contribution in [2.45, 2.75) is 32.4 Å². The average molecular weight is 249 g/mol. The molecule has 1 N–H and O–H groups in total. The Morgan fingerprint density at radius 2 is 2.50 bits per heavy atom. The van der Waals surface area contributed by atoms with Crippen LogP contribution in [0, 0.1) is 5.92 Å². The monoisotopic (exact) mass is 249 g/mol. The number of carbonyl (C=O) groups is 1. The Balaban J connectivity index is 2.10. The van der Waals surface area contributed by atoms with Crippen LogP contribution in [0.5, 0.6) is 0 Å². The van der Waals surface area contributed by atoms with E-state index < -0.39 is 5.97 Å². The van der Waals surface area contributed by atoms with Crippen molar-refractivity contribution < 1.29 is 9.90 Å². The summed E-state index contributed by atoms with van der Waals surface area (Å²) in [5.74, 6) is -0.524. The van der Waals surface area contributed by atoms with Crippen LogP contribution in [0.3, 0.4) is 0 Å². The van der Waals surface area contributed by atoms with Crippen molar-refractivity contribution in [1.82, 2.24) is 14.7 Å². The molecular formula is C13H19N3O2. The first-order valence-corrected chi connectivity index (χ1v) is 6.24. The summed E-state index contributed by atoms with van der Waals surface area (Å²) in [5.41, 5.74) is 1.02. The first kappa shape index (κ1) is 12.8. The number of rotatable bonds is 4. The Hall–Kier alpha value is -1.62. The number of hydrogen-bond acceptors (Lipinski definition) is 3. The standard InChI is InChI=1S/C13H19N3O2/c1-3-16-9-11(7-14-16)8-15-6-4-5-10(2)12(15)13(17)18/h3,7,9-10,12H,1,4-6,8H2,2H3,(H,17,18). The maximum atomic E-state index is 11.3. The Labute approximate surface area is 107 Å². The van der Waals surface area contributed by atoms with Gasteiger partial charge in [-0.25, -0.2) is 4.68 Å². The smallest absolute Gasteiger partial charge is 0.321 e. The number of aliphatic carboxylic acids is 1. The van der Waals surface area contributed by atoms with E-state index in [2.05, 4.69) is 11.7 Å². The minimum absolute atomic E-state index is 0.200. The second kappa shape index (κ2) is 5.35. The molecule has 0 radical (unpaired) electrons. The Morgan fingerprint density at radius 3 is 3.11 bits per heavy atom. The largest absolute Gasteiger partial charge is 0.480 e. The summed E-state index contributed by atoms with van der Waals surface area (Å²) in [6, 6.07) is -0.383. The lowest BCUT2D eigenvalue weighted by Crippen LogP contribution is -2.48. The summed E-state index contributed by atoms with van der Waals surface area (Å²) < 4.78 is 1.64. The molecule has 1 saturated heterocycles. The molecule has 98 valence electrons. The highest BCUT2D eigenvalue weighted by molar-refractivity contribution is 5.74.